The highest BCUT2D eigenvalue weighted by Gasteiger charge is 2.09. The standard InChI is InChI=1S/C42H87N/c1-3-5-7-9-11-13-22-26-30-34-38-42(39-35-31-27-23-14-12-10-8-6-4-2)40-36-32-28-24-20-18-16-15-17-19-21-25-29-33-37-41-43/h42H,3-41,43H2,1-2H3. The number of nitrogens with two attached hydrogens (primary N) is 1. The van der Waals surface area contributed by atoms with Gasteiger partial charge in [-0.3, -0.25) is 0 Å². The van der Waals surface area contributed by atoms with Gasteiger partial charge in [0.15, 0.2) is 0 Å². The summed E-state index contributed by atoms with van der Waals surface area (Å²) in [4.78, 5) is 0. The van der Waals surface area contributed by atoms with Gasteiger partial charge in [-0.1, -0.05) is 251 Å². The molecule has 260 valence electrons. The number of unbranched alkanes of at least 4 members (excludes halogenated alkanes) is 32. The van der Waals surface area contributed by atoms with Crippen molar-refractivity contribution >= 4 is 0 Å². The van der Waals surface area contributed by atoms with E-state index in [-0.39, 0.29) is 0 Å². The van der Waals surface area contributed by atoms with Gasteiger partial charge < -0.3 is 5.73 Å². The van der Waals surface area contributed by atoms with E-state index in [2.05, 4.69) is 13.8 Å². The fourth-order valence-electron chi connectivity index (χ4n) is 7.15. The van der Waals surface area contributed by atoms with Crippen molar-refractivity contribution in [3.63, 3.8) is 0 Å². The number of hydrogen-bond acceptors (Lipinski definition) is 1. The van der Waals surface area contributed by atoms with Crippen molar-refractivity contribution in [3.8, 4) is 0 Å². The summed E-state index contributed by atoms with van der Waals surface area (Å²) in [5.74, 6) is 1.03. The predicted molar refractivity (Wildman–Crippen MR) is 199 cm³/mol. The molecule has 0 aromatic heterocycles. The number of hydrogen-bond donors (Lipinski definition) is 1. The second-order valence-electron chi connectivity index (χ2n) is 14.7. The van der Waals surface area contributed by atoms with Crippen LogP contribution in [0.3, 0.4) is 0 Å². The maximum Gasteiger partial charge on any atom is -0.00773 e. The first-order chi connectivity index (χ1) is 21.3. The second kappa shape index (κ2) is 40.0. The zero-order chi connectivity index (χ0) is 31.2. The summed E-state index contributed by atoms with van der Waals surface area (Å²) in [6.07, 6.45) is 55.7. The average molecular weight is 606 g/mol. The van der Waals surface area contributed by atoms with Gasteiger partial charge in [-0.25, -0.2) is 0 Å². The zero-order valence-electron chi connectivity index (χ0n) is 30.7. The minimum atomic E-state index is 0.874. The smallest absolute Gasteiger partial charge is 0.00773 e. The van der Waals surface area contributed by atoms with Gasteiger partial charge in [-0.2, -0.15) is 0 Å². The van der Waals surface area contributed by atoms with Crippen LogP contribution in [0.5, 0.6) is 0 Å². The summed E-state index contributed by atoms with van der Waals surface area (Å²) in [7, 11) is 0. The molecule has 0 aromatic rings. The van der Waals surface area contributed by atoms with E-state index < -0.39 is 0 Å². The lowest BCUT2D eigenvalue weighted by atomic mass is 9.89. The maximum atomic E-state index is 5.58. The van der Waals surface area contributed by atoms with Crippen LogP contribution in [0.2, 0.25) is 0 Å². The third-order valence-corrected chi connectivity index (χ3v) is 10.2. The minimum absolute atomic E-state index is 0.874. The maximum absolute atomic E-state index is 5.58. The Labute approximate surface area is 275 Å². The third kappa shape index (κ3) is 38.1. The molecule has 0 saturated carbocycles. The molecular formula is C42H87N. The molecule has 0 fully saturated rings. The Hall–Kier alpha value is -0.0400. The number of rotatable bonds is 39. The van der Waals surface area contributed by atoms with Crippen molar-refractivity contribution < 1.29 is 0 Å². The summed E-state index contributed by atoms with van der Waals surface area (Å²) < 4.78 is 0. The van der Waals surface area contributed by atoms with E-state index in [0.29, 0.717) is 0 Å². The van der Waals surface area contributed by atoms with Crippen molar-refractivity contribution in [1.82, 2.24) is 0 Å². The summed E-state index contributed by atoms with van der Waals surface area (Å²) in [5, 5.41) is 0. The Balaban J connectivity index is 3.83. The van der Waals surface area contributed by atoms with Crippen molar-refractivity contribution in [3.05, 3.63) is 0 Å². The summed E-state index contributed by atoms with van der Waals surface area (Å²) in [6.45, 7) is 5.52. The topological polar surface area (TPSA) is 26.0 Å². The van der Waals surface area contributed by atoms with Gasteiger partial charge in [0.2, 0.25) is 0 Å². The molecule has 43 heavy (non-hydrogen) atoms. The van der Waals surface area contributed by atoms with Crippen LogP contribution < -0.4 is 5.73 Å². The Bertz CT molecular complexity index is 436. The SMILES string of the molecule is CCCCCCCCCCCCC(CCCCCCCCCCCC)CCCCCCCCCCCCCCCCCN. The molecule has 0 unspecified atom stereocenters. The summed E-state index contributed by atoms with van der Waals surface area (Å²) in [6, 6.07) is 0. The largest absolute Gasteiger partial charge is 0.330 e. The lowest BCUT2D eigenvalue weighted by Crippen LogP contribution is -2.01. The molecule has 1 heteroatoms. The normalized spacial score (nSPS) is 11.7. The molecule has 0 saturated heterocycles. The van der Waals surface area contributed by atoms with E-state index in [1.165, 1.54) is 244 Å². The van der Waals surface area contributed by atoms with Crippen LogP contribution in [-0.2, 0) is 0 Å². The fraction of sp³-hybridized carbons (Fsp3) is 1.00. The highest BCUT2D eigenvalue weighted by Crippen LogP contribution is 2.25. The van der Waals surface area contributed by atoms with E-state index in [4.69, 9.17) is 5.73 Å². The minimum Gasteiger partial charge on any atom is -0.330 e. The van der Waals surface area contributed by atoms with Gasteiger partial charge in [0.1, 0.15) is 0 Å². The van der Waals surface area contributed by atoms with Gasteiger partial charge in [0.05, 0.1) is 0 Å². The van der Waals surface area contributed by atoms with Gasteiger partial charge in [-0.15, -0.1) is 0 Å². The first-order valence-corrected chi connectivity index (χ1v) is 21.0. The van der Waals surface area contributed by atoms with E-state index >= 15 is 0 Å². The van der Waals surface area contributed by atoms with Gasteiger partial charge >= 0.3 is 0 Å². The molecule has 0 aromatic carbocycles. The summed E-state index contributed by atoms with van der Waals surface area (Å²) in [5.41, 5.74) is 5.58. The van der Waals surface area contributed by atoms with Crippen molar-refractivity contribution in [2.45, 2.75) is 258 Å². The quantitative estimate of drug-likeness (QED) is 0.0693. The van der Waals surface area contributed by atoms with Gasteiger partial charge in [-0.05, 0) is 18.9 Å². The van der Waals surface area contributed by atoms with Crippen LogP contribution in [0, 0.1) is 5.92 Å². The summed E-state index contributed by atoms with van der Waals surface area (Å²) >= 11 is 0. The van der Waals surface area contributed by atoms with Crippen LogP contribution in [0.4, 0.5) is 0 Å². The van der Waals surface area contributed by atoms with Crippen LogP contribution in [0.15, 0.2) is 0 Å². The van der Waals surface area contributed by atoms with E-state index in [1.54, 1.807) is 0 Å². The van der Waals surface area contributed by atoms with Crippen molar-refractivity contribution in [2.75, 3.05) is 6.54 Å². The molecule has 0 aliphatic heterocycles. The van der Waals surface area contributed by atoms with E-state index in [0.717, 1.165) is 12.5 Å². The Morgan fingerprint density at radius 2 is 0.442 bits per heavy atom. The molecule has 0 bridgehead atoms. The van der Waals surface area contributed by atoms with E-state index in [1.807, 2.05) is 0 Å². The Kier molecular flexibility index (Phi) is 39.9. The van der Waals surface area contributed by atoms with Gasteiger partial charge in [0.25, 0.3) is 0 Å². The highest BCUT2D eigenvalue weighted by molar-refractivity contribution is 4.62. The molecule has 0 heterocycles. The van der Waals surface area contributed by atoms with Crippen LogP contribution in [-0.4, -0.2) is 6.54 Å². The van der Waals surface area contributed by atoms with Crippen LogP contribution >= 0.6 is 0 Å². The Morgan fingerprint density at radius 1 is 0.256 bits per heavy atom. The highest BCUT2D eigenvalue weighted by atomic mass is 14.5. The van der Waals surface area contributed by atoms with Crippen LogP contribution in [0.1, 0.15) is 258 Å². The van der Waals surface area contributed by atoms with Crippen molar-refractivity contribution in [1.29, 1.82) is 0 Å². The average Bonchev–Trinajstić information content (AvgIpc) is 3.02. The molecular weight excluding hydrogens is 518 g/mol. The van der Waals surface area contributed by atoms with Crippen molar-refractivity contribution in [2.24, 2.45) is 11.7 Å². The first-order valence-electron chi connectivity index (χ1n) is 21.0. The first kappa shape index (κ1) is 43.0. The molecule has 0 spiro atoms. The molecule has 0 amide bonds. The third-order valence-electron chi connectivity index (χ3n) is 10.2. The molecule has 0 atom stereocenters. The Morgan fingerprint density at radius 3 is 0.651 bits per heavy atom. The lowest BCUT2D eigenvalue weighted by Gasteiger charge is -2.17. The fourth-order valence-corrected chi connectivity index (χ4v) is 7.15. The monoisotopic (exact) mass is 606 g/mol. The molecule has 2 N–H and O–H groups in total. The molecule has 0 aliphatic carbocycles. The van der Waals surface area contributed by atoms with Gasteiger partial charge in [0, 0.05) is 0 Å². The van der Waals surface area contributed by atoms with Crippen LogP contribution in [0.25, 0.3) is 0 Å². The predicted octanol–water partition coefficient (Wildman–Crippen LogP) is 15.4. The molecule has 0 aliphatic rings. The lowest BCUT2D eigenvalue weighted by molar-refractivity contribution is 0.365. The second-order valence-corrected chi connectivity index (χ2v) is 14.7. The molecule has 0 radical (unpaired) electrons. The zero-order valence-corrected chi connectivity index (χ0v) is 30.7. The molecule has 0 rings (SSSR count). The van der Waals surface area contributed by atoms with E-state index in [9.17, 15) is 0 Å². The molecule has 1 nitrogen and oxygen atoms in total.